The molecular formula is C12H7ClF3NO. The lowest BCUT2D eigenvalue weighted by Crippen LogP contribution is -2.07. The van der Waals surface area contributed by atoms with E-state index in [1.54, 1.807) is 0 Å². The van der Waals surface area contributed by atoms with Crippen molar-refractivity contribution in [2.75, 3.05) is 0 Å². The van der Waals surface area contributed by atoms with Gasteiger partial charge in [-0.1, -0.05) is 17.7 Å². The largest absolute Gasteiger partial charge is 0.506 e. The Kier molecular flexibility index (Phi) is 3.17. The van der Waals surface area contributed by atoms with Gasteiger partial charge in [0.05, 0.1) is 10.6 Å². The van der Waals surface area contributed by atoms with Crippen LogP contribution in [0.15, 0.2) is 36.7 Å². The molecule has 0 aliphatic heterocycles. The van der Waals surface area contributed by atoms with Crippen LogP contribution < -0.4 is 0 Å². The maximum atomic E-state index is 12.8. The summed E-state index contributed by atoms with van der Waals surface area (Å²) in [6.07, 6.45) is -2.28. The number of benzene rings is 1. The zero-order chi connectivity index (χ0) is 13.3. The van der Waals surface area contributed by atoms with Crippen LogP contribution >= 0.6 is 11.6 Å². The first-order valence-corrected chi connectivity index (χ1v) is 5.27. The van der Waals surface area contributed by atoms with E-state index >= 15 is 0 Å². The van der Waals surface area contributed by atoms with Gasteiger partial charge >= 0.3 is 6.18 Å². The van der Waals surface area contributed by atoms with E-state index in [0.29, 0.717) is 0 Å². The molecule has 1 aromatic heterocycles. The third-order valence-corrected chi connectivity index (χ3v) is 2.69. The number of aromatic hydroxyl groups is 1. The number of alkyl halides is 3. The maximum Gasteiger partial charge on any atom is 0.417 e. The smallest absolute Gasteiger partial charge is 0.417 e. The molecule has 6 heteroatoms. The van der Waals surface area contributed by atoms with E-state index < -0.39 is 11.7 Å². The molecule has 0 aliphatic carbocycles. The lowest BCUT2D eigenvalue weighted by atomic mass is 10.0. The average Bonchev–Trinajstić information content (AvgIpc) is 2.32. The zero-order valence-electron chi connectivity index (χ0n) is 8.87. The fourth-order valence-electron chi connectivity index (χ4n) is 1.55. The highest BCUT2D eigenvalue weighted by atomic mass is 35.5. The minimum atomic E-state index is -4.47. The highest BCUT2D eigenvalue weighted by molar-refractivity contribution is 6.32. The molecule has 0 fully saturated rings. The number of aromatic nitrogens is 1. The zero-order valence-corrected chi connectivity index (χ0v) is 9.63. The maximum absolute atomic E-state index is 12.8. The Balaban J connectivity index is 2.61. The highest BCUT2D eigenvalue weighted by Crippen LogP contribution is 2.38. The van der Waals surface area contributed by atoms with E-state index in [9.17, 15) is 18.3 Å². The van der Waals surface area contributed by atoms with Crippen molar-refractivity contribution in [3.63, 3.8) is 0 Å². The van der Waals surface area contributed by atoms with Gasteiger partial charge in [-0.25, -0.2) is 0 Å². The molecule has 0 spiro atoms. The molecule has 0 saturated heterocycles. The molecule has 0 aliphatic rings. The number of hydrogen-bond donors (Lipinski definition) is 1. The lowest BCUT2D eigenvalue weighted by Gasteiger charge is -2.12. The molecule has 0 saturated carbocycles. The molecule has 18 heavy (non-hydrogen) atoms. The van der Waals surface area contributed by atoms with Crippen molar-refractivity contribution >= 4 is 11.6 Å². The standard InChI is InChI=1S/C12H7ClF3NO/c13-10-5-7(1-2-11(10)18)8-6-17-4-3-9(8)12(14,15)16/h1-6,18H. The number of pyridine rings is 1. The van der Waals surface area contributed by atoms with Crippen LogP contribution in [0.4, 0.5) is 13.2 Å². The summed E-state index contributed by atoms with van der Waals surface area (Å²) in [5.74, 6) is -0.183. The molecule has 94 valence electrons. The van der Waals surface area contributed by atoms with Gasteiger partial charge in [-0.05, 0) is 23.8 Å². The second kappa shape index (κ2) is 4.49. The van der Waals surface area contributed by atoms with E-state index in [1.807, 2.05) is 0 Å². The van der Waals surface area contributed by atoms with Crippen molar-refractivity contribution < 1.29 is 18.3 Å². The summed E-state index contributed by atoms with van der Waals surface area (Å²) in [7, 11) is 0. The number of phenolic OH excluding ortho intramolecular Hbond substituents is 1. The van der Waals surface area contributed by atoms with Crippen LogP contribution in [-0.2, 0) is 6.18 Å². The van der Waals surface area contributed by atoms with Crippen LogP contribution in [0.5, 0.6) is 5.75 Å². The predicted octanol–water partition coefficient (Wildman–Crippen LogP) is 4.13. The highest BCUT2D eigenvalue weighted by Gasteiger charge is 2.33. The summed E-state index contributed by atoms with van der Waals surface area (Å²) in [6.45, 7) is 0. The Labute approximate surface area is 106 Å². The van der Waals surface area contributed by atoms with E-state index in [2.05, 4.69) is 4.98 Å². The van der Waals surface area contributed by atoms with Crippen LogP contribution in [-0.4, -0.2) is 10.1 Å². The van der Waals surface area contributed by atoms with Crippen molar-refractivity contribution in [3.05, 3.63) is 47.2 Å². The number of hydrogen-bond acceptors (Lipinski definition) is 2. The van der Waals surface area contributed by atoms with Gasteiger partial charge < -0.3 is 5.11 Å². The molecule has 0 atom stereocenters. The second-order valence-corrected chi connectivity index (χ2v) is 3.99. The normalized spacial score (nSPS) is 11.6. The average molecular weight is 274 g/mol. The summed E-state index contributed by atoms with van der Waals surface area (Å²) < 4.78 is 38.4. The minimum Gasteiger partial charge on any atom is -0.506 e. The first-order valence-electron chi connectivity index (χ1n) is 4.89. The quantitative estimate of drug-likeness (QED) is 0.847. The van der Waals surface area contributed by atoms with Gasteiger partial charge in [0.15, 0.2) is 0 Å². The topological polar surface area (TPSA) is 33.1 Å². The molecule has 0 bridgehead atoms. The third kappa shape index (κ3) is 2.41. The van der Waals surface area contributed by atoms with E-state index in [1.165, 1.54) is 18.2 Å². The Morgan fingerprint density at radius 1 is 1.17 bits per heavy atom. The predicted molar refractivity (Wildman–Crippen MR) is 61.3 cm³/mol. The Morgan fingerprint density at radius 3 is 2.50 bits per heavy atom. The summed E-state index contributed by atoms with van der Waals surface area (Å²) >= 11 is 5.68. The molecule has 2 nitrogen and oxygen atoms in total. The van der Waals surface area contributed by atoms with Crippen LogP contribution in [0, 0.1) is 0 Å². The van der Waals surface area contributed by atoms with Crippen molar-refractivity contribution in [1.29, 1.82) is 0 Å². The summed E-state index contributed by atoms with van der Waals surface area (Å²) in [4.78, 5) is 3.68. The number of halogens is 4. The molecule has 0 amide bonds. The van der Waals surface area contributed by atoms with Crippen molar-refractivity contribution in [3.8, 4) is 16.9 Å². The van der Waals surface area contributed by atoms with Crippen LogP contribution in [0.1, 0.15) is 5.56 Å². The fourth-order valence-corrected chi connectivity index (χ4v) is 1.73. The van der Waals surface area contributed by atoms with Crippen molar-refractivity contribution in [2.24, 2.45) is 0 Å². The second-order valence-electron chi connectivity index (χ2n) is 3.59. The summed E-state index contributed by atoms with van der Waals surface area (Å²) in [6, 6.07) is 4.76. The van der Waals surface area contributed by atoms with Crippen molar-refractivity contribution in [2.45, 2.75) is 6.18 Å². The molecule has 1 heterocycles. The molecule has 1 N–H and O–H groups in total. The van der Waals surface area contributed by atoms with Gasteiger partial charge in [-0.3, -0.25) is 4.98 Å². The molecule has 2 rings (SSSR count). The molecule has 0 radical (unpaired) electrons. The van der Waals surface area contributed by atoms with Crippen LogP contribution in [0.25, 0.3) is 11.1 Å². The SMILES string of the molecule is Oc1ccc(-c2cnccc2C(F)(F)F)cc1Cl. The van der Waals surface area contributed by atoms with Crippen LogP contribution in [0.3, 0.4) is 0 Å². The Hall–Kier alpha value is -1.75. The lowest BCUT2D eigenvalue weighted by molar-refractivity contribution is -0.137. The molecule has 1 aromatic carbocycles. The fraction of sp³-hybridized carbons (Fsp3) is 0.0833. The molecule has 2 aromatic rings. The number of rotatable bonds is 1. The van der Waals surface area contributed by atoms with Gasteiger partial charge in [-0.2, -0.15) is 13.2 Å². The number of phenols is 1. The third-order valence-electron chi connectivity index (χ3n) is 2.39. The monoisotopic (exact) mass is 273 g/mol. The van der Waals surface area contributed by atoms with Crippen LogP contribution in [0.2, 0.25) is 5.02 Å². The number of nitrogens with zero attached hydrogens (tertiary/aromatic N) is 1. The van der Waals surface area contributed by atoms with Gasteiger partial charge in [-0.15, -0.1) is 0 Å². The van der Waals surface area contributed by atoms with E-state index in [-0.39, 0.29) is 21.9 Å². The van der Waals surface area contributed by atoms with Gasteiger partial charge in [0.1, 0.15) is 5.75 Å². The van der Waals surface area contributed by atoms with Gasteiger partial charge in [0.2, 0.25) is 0 Å². The first-order chi connectivity index (χ1) is 8.39. The minimum absolute atomic E-state index is 0.00974. The van der Waals surface area contributed by atoms with Crippen molar-refractivity contribution in [1.82, 2.24) is 4.98 Å². The van der Waals surface area contributed by atoms with Gasteiger partial charge in [0.25, 0.3) is 0 Å². The molecular weight excluding hydrogens is 267 g/mol. The summed E-state index contributed by atoms with van der Waals surface area (Å²) in [5.41, 5.74) is -0.621. The van der Waals surface area contributed by atoms with E-state index in [4.69, 9.17) is 11.6 Å². The van der Waals surface area contributed by atoms with Gasteiger partial charge in [0, 0.05) is 18.0 Å². The summed E-state index contributed by atoms with van der Waals surface area (Å²) in [5, 5.41) is 9.24. The Morgan fingerprint density at radius 2 is 1.89 bits per heavy atom. The first kappa shape index (κ1) is 12.7. The molecule has 0 unspecified atom stereocenters. The van der Waals surface area contributed by atoms with E-state index in [0.717, 1.165) is 18.5 Å². The Bertz CT molecular complexity index is 584.